The Morgan fingerprint density at radius 3 is 2.71 bits per heavy atom. The fourth-order valence-corrected chi connectivity index (χ4v) is 3.36. The van der Waals surface area contributed by atoms with Gasteiger partial charge in [0.2, 0.25) is 4.96 Å². The number of fused-ring (bicyclic) bond motifs is 1. The topological polar surface area (TPSA) is 65.2 Å². The third-order valence-corrected chi connectivity index (χ3v) is 4.71. The van der Waals surface area contributed by atoms with Crippen molar-refractivity contribution in [3.63, 3.8) is 0 Å². The van der Waals surface area contributed by atoms with Gasteiger partial charge in [0.1, 0.15) is 17.5 Å². The van der Waals surface area contributed by atoms with Crippen molar-refractivity contribution in [1.29, 1.82) is 0 Å². The number of hydrogen-bond acceptors (Lipinski definition) is 6. The summed E-state index contributed by atoms with van der Waals surface area (Å²) >= 11 is 13.4. The normalized spacial score (nSPS) is 11.1. The highest BCUT2D eigenvalue weighted by Crippen LogP contribution is 2.29. The number of nitrogens with zero attached hydrogens (tertiary/aromatic N) is 5. The molecule has 0 aliphatic heterocycles. The second-order valence-corrected chi connectivity index (χ2v) is 6.55. The Bertz CT molecular complexity index is 999. The zero-order chi connectivity index (χ0) is 16.5. The van der Waals surface area contributed by atoms with E-state index in [9.17, 15) is 0 Å². The van der Waals surface area contributed by atoms with E-state index in [0.717, 1.165) is 10.6 Å². The summed E-state index contributed by atoms with van der Waals surface area (Å²) in [6.45, 7) is 0.243. The number of aromatic nitrogens is 5. The fraction of sp³-hybridized carbons (Fsp3) is 0.0667. The summed E-state index contributed by atoms with van der Waals surface area (Å²) in [5, 5.41) is 14.5. The standard InChI is InChI=1S/C15H9Cl2N5OS/c16-9-3-5-10(6-4-9)23-8-12-19-20-15-22(12)21-14(24-15)11-2-1-7-18-13(11)17/h1-7H,8H2. The molecule has 0 saturated heterocycles. The highest BCUT2D eigenvalue weighted by Gasteiger charge is 2.15. The first-order valence-corrected chi connectivity index (χ1v) is 8.48. The van der Waals surface area contributed by atoms with Gasteiger partial charge in [0.05, 0.1) is 0 Å². The van der Waals surface area contributed by atoms with E-state index in [1.54, 1.807) is 35.0 Å². The fourth-order valence-electron chi connectivity index (χ4n) is 2.08. The number of pyridine rings is 1. The average Bonchev–Trinajstić information content (AvgIpc) is 3.16. The van der Waals surface area contributed by atoms with Crippen molar-refractivity contribution >= 4 is 39.5 Å². The summed E-state index contributed by atoms with van der Waals surface area (Å²) in [5.74, 6) is 1.30. The summed E-state index contributed by atoms with van der Waals surface area (Å²) in [6.07, 6.45) is 1.64. The lowest BCUT2D eigenvalue weighted by atomic mass is 10.3. The molecular weight excluding hydrogens is 369 g/mol. The van der Waals surface area contributed by atoms with Gasteiger partial charge in [-0.3, -0.25) is 0 Å². The van der Waals surface area contributed by atoms with Crippen LogP contribution in [0, 0.1) is 0 Å². The van der Waals surface area contributed by atoms with Crippen molar-refractivity contribution < 1.29 is 4.74 Å². The molecule has 0 N–H and O–H groups in total. The van der Waals surface area contributed by atoms with Crippen LogP contribution in [-0.2, 0) is 6.61 Å². The molecule has 3 aromatic heterocycles. The van der Waals surface area contributed by atoms with Crippen LogP contribution in [0.25, 0.3) is 15.5 Å². The van der Waals surface area contributed by atoms with E-state index in [1.165, 1.54) is 11.3 Å². The molecule has 0 amide bonds. The van der Waals surface area contributed by atoms with E-state index < -0.39 is 0 Å². The number of halogens is 2. The molecule has 0 spiro atoms. The van der Waals surface area contributed by atoms with Crippen LogP contribution in [0.2, 0.25) is 10.2 Å². The summed E-state index contributed by atoms with van der Waals surface area (Å²) < 4.78 is 7.35. The van der Waals surface area contributed by atoms with Gasteiger partial charge in [-0.1, -0.05) is 34.5 Å². The molecule has 0 aliphatic carbocycles. The van der Waals surface area contributed by atoms with Gasteiger partial charge in [-0.2, -0.15) is 9.61 Å². The molecule has 0 radical (unpaired) electrons. The van der Waals surface area contributed by atoms with E-state index in [-0.39, 0.29) is 6.61 Å². The summed E-state index contributed by atoms with van der Waals surface area (Å²) in [7, 11) is 0. The summed E-state index contributed by atoms with van der Waals surface area (Å²) in [6, 6.07) is 10.8. The van der Waals surface area contributed by atoms with Gasteiger partial charge in [-0.25, -0.2) is 4.98 Å². The zero-order valence-electron chi connectivity index (χ0n) is 12.1. The summed E-state index contributed by atoms with van der Waals surface area (Å²) in [5.41, 5.74) is 0.763. The molecule has 120 valence electrons. The number of ether oxygens (including phenoxy) is 1. The van der Waals surface area contributed by atoms with Crippen molar-refractivity contribution in [3.8, 4) is 16.3 Å². The molecule has 0 fully saturated rings. The average molecular weight is 378 g/mol. The Labute approximate surface area is 150 Å². The Hall–Kier alpha value is -2.22. The molecule has 24 heavy (non-hydrogen) atoms. The van der Waals surface area contributed by atoms with Crippen LogP contribution in [0.15, 0.2) is 42.6 Å². The third-order valence-electron chi connectivity index (χ3n) is 3.23. The van der Waals surface area contributed by atoms with Gasteiger partial charge in [0, 0.05) is 16.8 Å². The predicted molar refractivity (Wildman–Crippen MR) is 92.7 cm³/mol. The second-order valence-electron chi connectivity index (χ2n) is 4.80. The lowest BCUT2D eigenvalue weighted by molar-refractivity contribution is 0.293. The van der Waals surface area contributed by atoms with Gasteiger partial charge >= 0.3 is 0 Å². The van der Waals surface area contributed by atoms with E-state index in [4.69, 9.17) is 27.9 Å². The number of rotatable bonds is 4. The predicted octanol–water partition coefficient (Wildman–Crippen LogP) is 4.13. The first-order chi connectivity index (χ1) is 11.7. The van der Waals surface area contributed by atoms with Crippen LogP contribution >= 0.6 is 34.5 Å². The van der Waals surface area contributed by atoms with E-state index in [2.05, 4.69) is 20.3 Å². The van der Waals surface area contributed by atoms with Crippen LogP contribution in [0.1, 0.15) is 5.82 Å². The van der Waals surface area contributed by atoms with Crippen LogP contribution in [0.3, 0.4) is 0 Å². The maximum absolute atomic E-state index is 6.12. The molecule has 3 heterocycles. The Morgan fingerprint density at radius 2 is 1.92 bits per heavy atom. The van der Waals surface area contributed by atoms with Crippen molar-refractivity contribution in [2.45, 2.75) is 6.61 Å². The molecule has 0 atom stereocenters. The minimum Gasteiger partial charge on any atom is -0.486 e. The lowest BCUT2D eigenvalue weighted by Crippen LogP contribution is -2.02. The SMILES string of the molecule is Clc1ccc(OCc2nnc3sc(-c4cccnc4Cl)nn23)cc1. The smallest absolute Gasteiger partial charge is 0.235 e. The van der Waals surface area contributed by atoms with Gasteiger partial charge in [-0.15, -0.1) is 10.2 Å². The quantitative estimate of drug-likeness (QED) is 0.500. The van der Waals surface area contributed by atoms with Crippen LogP contribution in [-0.4, -0.2) is 24.8 Å². The van der Waals surface area contributed by atoms with Crippen LogP contribution in [0.5, 0.6) is 5.75 Å². The second kappa shape index (κ2) is 6.35. The van der Waals surface area contributed by atoms with Crippen molar-refractivity contribution in [3.05, 3.63) is 58.6 Å². The van der Waals surface area contributed by atoms with Gasteiger partial charge in [0.25, 0.3) is 0 Å². The monoisotopic (exact) mass is 377 g/mol. The molecule has 9 heteroatoms. The first kappa shape index (κ1) is 15.3. The molecule has 0 aliphatic rings. The lowest BCUT2D eigenvalue weighted by Gasteiger charge is -2.03. The number of benzene rings is 1. The molecule has 4 rings (SSSR count). The highest BCUT2D eigenvalue weighted by atomic mass is 35.5. The van der Waals surface area contributed by atoms with Gasteiger partial charge in [-0.05, 0) is 36.4 Å². The molecule has 0 saturated carbocycles. The third kappa shape index (κ3) is 2.93. The van der Waals surface area contributed by atoms with Crippen molar-refractivity contribution in [1.82, 2.24) is 24.8 Å². The Morgan fingerprint density at radius 1 is 1.08 bits per heavy atom. The molecule has 4 aromatic rings. The van der Waals surface area contributed by atoms with E-state index in [0.29, 0.717) is 26.7 Å². The molecule has 6 nitrogen and oxygen atoms in total. The van der Waals surface area contributed by atoms with E-state index in [1.807, 2.05) is 12.1 Å². The van der Waals surface area contributed by atoms with E-state index >= 15 is 0 Å². The van der Waals surface area contributed by atoms with Crippen molar-refractivity contribution in [2.75, 3.05) is 0 Å². The molecule has 0 bridgehead atoms. The zero-order valence-corrected chi connectivity index (χ0v) is 14.4. The summed E-state index contributed by atoms with van der Waals surface area (Å²) in [4.78, 5) is 4.73. The van der Waals surface area contributed by atoms with Crippen LogP contribution < -0.4 is 4.74 Å². The molecular formula is C15H9Cl2N5OS. The maximum atomic E-state index is 6.12. The highest BCUT2D eigenvalue weighted by molar-refractivity contribution is 7.19. The van der Waals surface area contributed by atoms with Gasteiger partial charge in [0.15, 0.2) is 10.8 Å². The van der Waals surface area contributed by atoms with Crippen LogP contribution in [0.4, 0.5) is 0 Å². The van der Waals surface area contributed by atoms with Gasteiger partial charge < -0.3 is 4.74 Å². The Kier molecular flexibility index (Phi) is 4.05. The maximum Gasteiger partial charge on any atom is 0.235 e. The van der Waals surface area contributed by atoms with Crippen molar-refractivity contribution in [2.24, 2.45) is 0 Å². The number of hydrogen-bond donors (Lipinski definition) is 0. The minimum atomic E-state index is 0.243. The molecule has 1 aromatic carbocycles. The largest absolute Gasteiger partial charge is 0.486 e. The first-order valence-electron chi connectivity index (χ1n) is 6.91. The minimum absolute atomic E-state index is 0.243. The Balaban J connectivity index is 1.60. The molecule has 0 unspecified atom stereocenters.